The van der Waals surface area contributed by atoms with E-state index in [0.717, 1.165) is 0 Å². The smallest absolute Gasteiger partial charge is 0.153 e. The Balaban J connectivity index is 1.66. The first kappa shape index (κ1) is 20.6. The maximum Gasteiger partial charge on any atom is 0.153 e. The number of halogens is 2. The molecule has 0 unspecified atom stereocenters. The van der Waals surface area contributed by atoms with Crippen LogP contribution in [-0.2, 0) is 9.84 Å². The molecule has 8 nitrogen and oxygen atoms in total. The number of anilines is 2. The highest BCUT2D eigenvalue weighted by atomic mass is 32.2. The predicted molar refractivity (Wildman–Crippen MR) is 118 cm³/mol. The molecule has 166 valence electrons. The number of pyridine rings is 1. The number of hydrogen-bond acceptors (Lipinski definition) is 7. The van der Waals surface area contributed by atoms with E-state index in [1.54, 1.807) is 13.8 Å². The molecule has 32 heavy (non-hydrogen) atoms. The molecule has 0 bridgehead atoms. The normalized spacial score (nSPS) is 17.1. The second kappa shape index (κ2) is 7.37. The Labute approximate surface area is 183 Å². The van der Waals surface area contributed by atoms with Crippen LogP contribution in [0.25, 0.3) is 11.3 Å². The van der Waals surface area contributed by atoms with Gasteiger partial charge in [-0.25, -0.2) is 27.2 Å². The fourth-order valence-corrected chi connectivity index (χ4v) is 5.17. The number of aliphatic imine (C=N–C) groups is 1. The molecule has 0 aliphatic carbocycles. The van der Waals surface area contributed by atoms with Crippen LogP contribution in [0.1, 0.15) is 17.0 Å². The topological polar surface area (TPSA) is 103 Å². The van der Waals surface area contributed by atoms with Crippen molar-refractivity contribution in [2.75, 3.05) is 34.8 Å². The Morgan fingerprint density at radius 3 is 2.44 bits per heavy atom. The lowest BCUT2D eigenvalue weighted by atomic mass is 10.1. The number of sulfone groups is 1. The van der Waals surface area contributed by atoms with Crippen molar-refractivity contribution in [3.8, 4) is 11.3 Å². The molecule has 2 aliphatic rings. The molecular weight excluding hydrogens is 438 g/mol. The Bertz CT molecular complexity index is 1350. The van der Waals surface area contributed by atoms with E-state index >= 15 is 0 Å². The number of hydrogen-bond donors (Lipinski definition) is 2. The van der Waals surface area contributed by atoms with Gasteiger partial charge in [0, 0.05) is 18.7 Å². The minimum Gasteiger partial charge on any atom is -0.355 e. The van der Waals surface area contributed by atoms with Gasteiger partial charge in [-0.1, -0.05) is 6.07 Å². The van der Waals surface area contributed by atoms with E-state index in [-0.39, 0.29) is 22.9 Å². The summed E-state index contributed by atoms with van der Waals surface area (Å²) in [4.78, 5) is 11.1. The third kappa shape index (κ3) is 3.42. The number of nitrogens with one attached hydrogen (secondary N) is 2. The fourth-order valence-electron chi connectivity index (χ4n) is 3.97. The van der Waals surface area contributed by atoms with Crippen LogP contribution in [0, 0.1) is 25.5 Å². The van der Waals surface area contributed by atoms with Crippen LogP contribution in [0.3, 0.4) is 0 Å². The number of rotatable bonds is 2. The van der Waals surface area contributed by atoms with Crippen LogP contribution in [0.15, 0.2) is 29.3 Å². The van der Waals surface area contributed by atoms with Crippen LogP contribution in [-0.4, -0.2) is 54.0 Å². The Morgan fingerprint density at radius 1 is 1.06 bits per heavy atom. The van der Waals surface area contributed by atoms with Gasteiger partial charge in [-0.15, -0.1) is 0 Å². The average molecular weight is 458 g/mol. The number of nitrogens with zero attached hydrogens (tertiary/aromatic N) is 4. The van der Waals surface area contributed by atoms with Gasteiger partial charge in [0.25, 0.3) is 0 Å². The van der Waals surface area contributed by atoms with Gasteiger partial charge < -0.3 is 10.2 Å². The molecule has 1 fully saturated rings. The van der Waals surface area contributed by atoms with Crippen molar-refractivity contribution in [1.82, 2.24) is 15.2 Å². The molecule has 2 N–H and O–H groups in total. The highest BCUT2D eigenvalue weighted by Gasteiger charge is 2.28. The lowest BCUT2D eigenvalue weighted by Gasteiger charge is -2.29. The van der Waals surface area contributed by atoms with Crippen molar-refractivity contribution in [2.24, 2.45) is 4.99 Å². The van der Waals surface area contributed by atoms with Crippen LogP contribution < -0.4 is 10.2 Å². The highest BCUT2D eigenvalue weighted by Crippen LogP contribution is 2.41. The monoisotopic (exact) mass is 458 g/mol. The summed E-state index contributed by atoms with van der Waals surface area (Å²) in [6.07, 6.45) is 0. The summed E-state index contributed by atoms with van der Waals surface area (Å²) in [5.41, 5.74) is 3.17. The van der Waals surface area contributed by atoms with E-state index in [9.17, 15) is 17.2 Å². The van der Waals surface area contributed by atoms with E-state index in [2.05, 4.69) is 25.5 Å². The SMILES string of the molecule is Cc1n[nH]c2c1N=C(c1c(F)cccc1F)Nc1c-2cc(N2CCS(=O)(=O)CC2)nc1C. The molecular formula is C21H20F2N6O2S. The Hall–Kier alpha value is -3.34. The minimum atomic E-state index is -3.04. The van der Waals surface area contributed by atoms with E-state index in [4.69, 9.17) is 0 Å². The Kier molecular flexibility index (Phi) is 4.73. The number of aryl methyl sites for hydroxylation is 2. The molecule has 0 amide bonds. The summed E-state index contributed by atoms with van der Waals surface area (Å²) < 4.78 is 52.8. The van der Waals surface area contributed by atoms with Gasteiger partial charge in [0.15, 0.2) is 9.84 Å². The van der Waals surface area contributed by atoms with Gasteiger partial charge >= 0.3 is 0 Å². The second-order valence-electron chi connectivity index (χ2n) is 7.84. The lowest BCUT2D eigenvalue weighted by molar-refractivity contribution is 0.579. The first-order valence-electron chi connectivity index (χ1n) is 10.1. The molecule has 2 aromatic heterocycles. The standard InChI is InChI=1S/C21H20F2N6O2S/c1-11-18-13(10-16(24-11)29-6-8-32(30,31)9-7-29)20-19(12(2)27-28-20)26-21(25-18)17-14(22)4-3-5-15(17)23/h3-5,10H,6-9H2,1-2H3,(H,25,26)(H,27,28). The van der Waals surface area contributed by atoms with E-state index in [1.165, 1.54) is 18.2 Å². The van der Waals surface area contributed by atoms with Crippen LogP contribution in [0.2, 0.25) is 0 Å². The molecule has 0 saturated carbocycles. The van der Waals surface area contributed by atoms with Crippen LogP contribution in [0.5, 0.6) is 0 Å². The van der Waals surface area contributed by atoms with Gasteiger partial charge in [-0.05, 0) is 32.0 Å². The van der Waals surface area contributed by atoms with Crippen molar-refractivity contribution in [3.63, 3.8) is 0 Å². The van der Waals surface area contributed by atoms with Crippen LogP contribution >= 0.6 is 0 Å². The second-order valence-corrected chi connectivity index (χ2v) is 10.1. The number of fused-ring (bicyclic) bond motifs is 3. The van der Waals surface area contributed by atoms with Crippen molar-refractivity contribution in [3.05, 3.63) is 52.9 Å². The van der Waals surface area contributed by atoms with E-state index in [1.807, 2.05) is 11.0 Å². The maximum absolute atomic E-state index is 14.6. The third-order valence-corrected chi connectivity index (χ3v) is 7.32. The predicted octanol–water partition coefficient (Wildman–Crippen LogP) is 3.11. The zero-order valence-corrected chi connectivity index (χ0v) is 18.2. The summed E-state index contributed by atoms with van der Waals surface area (Å²) in [7, 11) is -3.04. The molecule has 4 heterocycles. The number of benzene rings is 1. The number of H-pyrrole nitrogens is 1. The van der Waals surface area contributed by atoms with E-state index < -0.39 is 21.5 Å². The zero-order chi connectivity index (χ0) is 22.6. The first-order chi connectivity index (χ1) is 15.2. The molecule has 2 aliphatic heterocycles. The van der Waals surface area contributed by atoms with Gasteiger partial charge in [-0.2, -0.15) is 5.10 Å². The summed E-state index contributed by atoms with van der Waals surface area (Å²) in [5.74, 6) is -0.698. The summed E-state index contributed by atoms with van der Waals surface area (Å²) in [6.45, 7) is 4.22. The van der Waals surface area contributed by atoms with Crippen molar-refractivity contribution >= 4 is 32.9 Å². The van der Waals surface area contributed by atoms with Crippen molar-refractivity contribution < 1.29 is 17.2 Å². The van der Waals surface area contributed by atoms with Gasteiger partial charge in [0.1, 0.15) is 29.0 Å². The minimum absolute atomic E-state index is 0.0202. The molecule has 0 atom stereocenters. The van der Waals surface area contributed by atoms with E-state index in [0.29, 0.717) is 52.9 Å². The number of amidine groups is 1. The number of aromatic nitrogens is 3. The molecule has 1 saturated heterocycles. The molecule has 5 rings (SSSR count). The maximum atomic E-state index is 14.6. The lowest BCUT2D eigenvalue weighted by Crippen LogP contribution is -2.40. The molecule has 11 heteroatoms. The largest absolute Gasteiger partial charge is 0.355 e. The van der Waals surface area contributed by atoms with Crippen molar-refractivity contribution in [2.45, 2.75) is 13.8 Å². The molecule has 1 aromatic carbocycles. The van der Waals surface area contributed by atoms with Gasteiger partial charge in [0.2, 0.25) is 0 Å². The van der Waals surface area contributed by atoms with Crippen LogP contribution in [0.4, 0.5) is 26.0 Å². The Morgan fingerprint density at radius 2 is 1.75 bits per heavy atom. The quantitative estimate of drug-likeness (QED) is 0.612. The van der Waals surface area contributed by atoms with Gasteiger partial charge in [0.05, 0.1) is 39.8 Å². The molecule has 3 aromatic rings. The highest BCUT2D eigenvalue weighted by molar-refractivity contribution is 7.91. The summed E-state index contributed by atoms with van der Waals surface area (Å²) >= 11 is 0. The summed E-state index contributed by atoms with van der Waals surface area (Å²) in [6, 6.07) is 5.47. The van der Waals surface area contributed by atoms with Gasteiger partial charge in [-0.3, -0.25) is 5.10 Å². The number of aromatic amines is 1. The fraction of sp³-hybridized carbons (Fsp3) is 0.286. The third-order valence-electron chi connectivity index (χ3n) is 5.71. The van der Waals surface area contributed by atoms with Crippen molar-refractivity contribution in [1.29, 1.82) is 0 Å². The zero-order valence-electron chi connectivity index (χ0n) is 17.4. The summed E-state index contributed by atoms with van der Waals surface area (Å²) in [5, 5.41) is 10.3. The average Bonchev–Trinajstić information content (AvgIpc) is 3.00. The first-order valence-corrected chi connectivity index (χ1v) is 11.9. The molecule has 0 radical (unpaired) electrons. The molecule has 0 spiro atoms.